The molecular formula is C23H27N3O5S2. The molecule has 0 saturated carbocycles. The van der Waals surface area contributed by atoms with Gasteiger partial charge in [-0.2, -0.15) is 0 Å². The van der Waals surface area contributed by atoms with Crippen molar-refractivity contribution in [3.05, 3.63) is 47.5 Å². The van der Waals surface area contributed by atoms with Crippen LogP contribution in [0.3, 0.4) is 0 Å². The molecule has 0 aliphatic carbocycles. The lowest BCUT2D eigenvalue weighted by Gasteiger charge is -2.29. The molecule has 2 aromatic carbocycles. The smallest absolute Gasteiger partial charge is 0.261 e. The fourth-order valence-electron chi connectivity index (χ4n) is 3.84. The SMILES string of the molecule is COc1ccc(C)c2sc(N(CCN3CCOCC3)C(=O)c3ccccc3S(C)(=O)=O)nc12. The highest BCUT2D eigenvalue weighted by molar-refractivity contribution is 7.90. The maximum Gasteiger partial charge on any atom is 0.261 e. The standard InChI is InChI=1S/C23H27N3O5S2/c1-16-8-9-18(30-2)20-21(16)32-23(24-20)26(11-10-25-12-14-31-15-13-25)22(27)17-6-4-5-7-19(17)33(3,28)29/h4-9H,10-15H2,1-3H3. The number of carbonyl (C=O) groups is 1. The average Bonchev–Trinajstić information content (AvgIpc) is 3.25. The van der Waals surface area contributed by atoms with Crippen molar-refractivity contribution in [1.29, 1.82) is 0 Å². The molecule has 1 aliphatic heterocycles. The summed E-state index contributed by atoms with van der Waals surface area (Å²) in [6.07, 6.45) is 1.11. The number of benzene rings is 2. The van der Waals surface area contributed by atoms with Crippen molar-refractivity contribution in [3.8, 4) is 5.75 Å². The molecule has 1 fully saturated rings. The zero-order valence-electron chi connectivity index (χ0n) is 18.9. The van der Waals surface area contributed by atoms with Gasteiger partial charge >= 0.3 is 0 Å². The Kier molecular flexibility index (Phi) is 6.99. The largest absolute Gasteiger partial charge is 0.494 e. The molecule has 1 aromatic heterocycles. The van der Waals surface area contributed by atoms with Crippen LogP contribution in [0.1, 0.15) is 15.9 Å². The number of hydrogen-bond donors (Lipinski definition) is 0. The molecule has 1 aliphatic rings. The molecule has 0 unspecified atom stereocenters. The van der Waals surface area contributed by atoms with E-state index in [0.29, 0.717) is 42.7 Å². The number of carbonyl (C=O) groups excluding carboxylic acids is 1. The molecule has 0 bridgehead atoms. The number of aryl methyl sites for hydroxylation is 1. The van der Waals surface area contributed by atoms with Gasteiger partial charge in [0.25, 0.3) is 5.91 Å². The van der Waals surface area contributed by atoms with E-state index in [1.807, 2.05) is 19.1 Å². The molecule has 0 spiro atoms. The maximum absolute atomic E-state index is 13.8. The van der Waals surface area contributed by atoms with Gasteiger partial charge in [0.1, 0.15) is 11.3 Å². The lowest BCUT2D eigenvalue weighted by atomic mass is 10.2. The van der Waals surface area contributed by atoms with Crippen LogP contribution >= 0.6 is 11.3 Å². The zero-order chi connectivity index (χ0) is 23.6. The number of morpholine rings is 1. The number of amides is 1. The van der Waals surface area contributed by atoms with Gasteiger partial charge in [-0.3, -0.25) is 14.6 Å². The summed E-state index contributed by atoms with van der Waals surface area (Å²) in [7, 11) is -1.99. The van der Waals surface area contributed by atoms with Gasteiger partial charge in [-0.15, -0.1) is 0 Å². The second-order valence-corrected chi connectivity index (χ2v) is 10.9. The van der Waals surface area contributed by atoms with Gasteiger partial charge < -0.3 is 9.47 Å². The zero-order valence-corrected chi connectivity index (χ0v) is 20.5. The highest BCUT2D eigenvalue weighted by Gasteiger charge is 2.27. The van der Waals surface area contributed by atoms with Gasteiger partial charge in [-0.25, -0.2) is 13.4 Å². The summed E-state index contributed by atoms with van der Waals surface area (Å²) in [4.78, 5) is 22.3. The molecule has 0 atom stereocenters. The van der Waals surface area contributed by atoms with Crippen LogP contribution in [0.15, 0.2) is 41.3 Å². The number of sulfone groups is 1. The minimum atomic E-state index is -3.58. The monoisotopic (exact) mass is 489 g/mol. The third-order valence-electron chi connectivity index (χ3n) is 5.65. The van der Waals surface area contributed by atoms with Crippen molar-refractivity contribution in [3.63, 3.8) is 0 Å². The quantitative estimate of drug-likeness (QED) is 0.504. The number of rotatable bonds is 7. The van der Waals surface area contributed by atoms with Crippen molar-refractivity contribution in [1.82, 2.24) is 9.88 Å². The second-order valence-electron chi connectivity index (χ2n) is 7.94. The molecule has 1 saturated heterocycles. The Morgan fingerprint density at radius 1 is 1.21 bits per heavy atom. The van der Waals surface area contributed by atoms with Gasteiger partial charge in [-0.05, 0) is 30.7 Å². The first kappa shape index (κ1) is 23.6. The van der Waals surface area contributed by atoms with Crippen LogP contribution in [-0.2, 0) is 14.6 Å². The summed E-state index contributed by atoms with van der Waals surface area (Å²) in [5.74, 6) is 0.246. The van der Waals surface area contributed by atoms with E-state index in [1.54, 1.807) is 30.2 Å². The lowest BCUT2D eigenvalue weighted by molar-refractivity contribution is 0.0391. The Hall–Kier alpha value is -2.53. The summed E-state index contributed by atoms with van der Waals surface area (Å²) in [6, 6.07) is 10.1. The number of aromatic nitrogens is 1. The fourth-order valence-corrected chi connectivity index (χ4v) is 5.80. The highest BCUT2D eigenvalue weighted by atomic mass is 32.2. The van der Waals surface area contributed by atoms with Gasteiger partial charge in [0.15, 0.2) is 15.0 Å². The molecular weight excluding hydrogens is 462 g/mol. The number of ether oxygens (including phenoxy) is 2. The van der Waals surface area contributed by atoms with Gasteiger partial charge in [0, 0.05) is 32.4 Å². The highest BCUT2D eigenvalue weighted by Crippen LogP contribution is 2.37. The molecule has 4 rings (SSSR count). The van der Waals surface area contributed by atoms with Crippen LogP contribution in [0.5, 0.6) is 5.75 Å². The summed E-state index contributed by atoms with van der Waals surface area (Å²) < 4.78 is 36.6. The lowest BCUT2D eigenvalue weighted by Crippen LogP contribution is -2.43. The van der Waals surface area contributed by atoms with Crippen LogP contribution < -0.4 is 9.64 Å². The van der Waals surface area contributed by atoms with Crippen molar-refractivity contribution in [2.24, 2.45) is 0 Å². The topological polar surface area (TPSA) is 89.0 Å². The number of hydrogen-bond acceptors (Lipinski definition) is 8. The summed E-state index contributed by atoms with van der Waals surface area (Å²) >= 11 is 1.41. The summed E-state index contributed by atoms with van der Waals surface area (Å²) in [5.41, 5.74) is 1.87. The van der Waals surface area contributed by atoms with Gasteiger partial charge in [0.05, 0.1) is 35.5 Å². The van der Waals surface area contributed by atoms with Crippen molar-refractivity contribution in [2.45, 2.75) is 11.8 Å². The predicted molar refractivity (Wildman–Crippen MR) is 129 cm³/mol. The first-order valence-electron chi connectivity index (χ1n) is 10.6. The number of methoxy groups -OCH3 is 1. The van der Waals surface area contributed by atoms with Gasteiger partial charge in [-0.1, -0.05) is 29.5 Å². The summed E-state index contributed by atoms with van der Waals surface area (Å²) in [6.45, 7) is 5.87. The van der Waals surface area contributed by atoms with Gasteiger partial charge in [0.2, 0.25) is 0 Å². The van der Waals surface area contributed by atoms with Crippen molar-refractivity contribution in [2.75, 3.05) is 57.7 Å². The normalized spacial score (nSPS) is 15.0. The van der Waals surface area contributed by atoms with Crippen LogP contribution in [0.2, 0.25) is 0 Å². The van der Waals surface area contributed by atoms with E-state index in [2.05, 4.69) is 4.90 Å². The van der Waals surface area contributed by atoms with Crippen molar-refractivity contribution < 1.29 is 22.7 Å². The average molecular weight is 490 g/mol. The Morgan fingerprint density at radius 3 is 2.64 bits per heavy atom. The van der Waals surface area contributed by atoms with Crippen LogP contribution in [0.25, 0.3) is 10.2 Å². The number of nitrogens with zero attached hydrogens (tertiary/aromatic N) is 3. The number of anilines is 1. The van der Waals surface area contributed by atoms with Crippen LogP contribution in [-0.4, -0.2) is 77.0 Å². The number of fused-ring (bicyclic) bond motifs is 1. The third-order valence-corrected chi connectivity index (χ3v) is 8.02. The number of thiazole rings is 1. The van der Waals surface area contributed by atoms with E-state index >= 15 is 0 Å². The molecule has 0 N–H and O–H groups in total. The maximum atomic E-state index is 13.8. The molecule has 33 heavy (non-hydrogen) atoms. The van der Waals surface area contributed by atoms with E-state index < -0.39 is 9.84 Å². The Labute approximate surface area is 197 Å². The van der Waals surface area contributed by atoms with E-state index in [9.17, 15) is 13.2 Å². The Bertz CT molecular complexity index is 1270. The van der Waals surface area contributed by atoms with E-state index in [1.165, 1.54) is 17.4 Å². The van der Waals surface area contributed by atoms with Crippen LogP contribution in [0.4, 0.5) is 5.13 Å². The minimum absolute atomic E-state index is 0.0150. The Morgan fingerprint density at radius 2 is 1.94 bits per heavy atom. The molecule has 3 aromatic rings. The summed E-state index contributed by atoms with van der Waals surface area (Å²) in [5, 5.41) is 0.513. The van der Waals surface area contributed by atoms with Crippen LogP contribution in [0, 0.1) is 6.92 Å². The van der Waals surface area contributed by atoms with E-state index in [-0.39, 0.29) is 16.4 Å². The first-order valence-corrected chi connectivity index (χ1v) is 13.4. The molecule has 2 heterocycles. The first-order chi connectivity index (χ1) is 15.8. The Balaban J connectivity index is 1.77. The van der Waals surface area contributed by atoms with Crippen molar-refractivity contribution >= 4 is 42.4 Å². The second kappa shape index (κ2) is 9.76. The fraction of sp³-hybridized carbons (Fsp3) is 0.391. The predicted octanol–water partition coefficient (Wildman–Crippen LogP) is 3.00. The molecule has 1 amide bonds. The molecule has 10 heteroatoms. The molecule has 8 nitrogen and oxygen atoms in total. The molecule has 0 radical (unpaired) electrons. The van der Waals surface area contributed by atoms with E-state index in [0.717, 1.165) is 29.6 Å². The third kappa shape index (κ3) is 5.03. The molecule has 176 valence electrons. The minimum Gasteiger partial charge on any atom is -0.494 e. The van der Waals surface area contributed by atoms with E-state index in [4.69, 9.17) is 14.5 Å².